The quantitative estimate of drug-likeness (QED) is 0.349. The molecule has 5 rings (SSSR count). The van der Waals surface area contributed by atoms with Crippen LogP contribution in [0.15, 0.2) is 101 Å². The highest BCUT2D eigenvalue weighted by molar-refractivity contribution is 6.05. The lowest BCUT2D eigenvalue weighted by atomic mass is 10.0. The van der Waals surface area contributed by atoms with Gasteiger partial charge in [0.1, 0.15) is 11.2 Å². The lowest BCUT2D eigenvalue weighted by molar-refractivity contribution is 0.668. The van der Waals surface area contributed by atoms with Crippen LogP contribution in [0.25, 0.3) is 21.9 Å². The molecule has 0 bridgehead atoms. The maximum atomic E-state index is 6.06. The Bertz CT molecular complexity index is 1100. The molecule has 0 aliphatic heterocycles. The average molecular weight is 348 g/mol. The molecule has 0 saturated heterocycles. The fourth-order valence-corrected chi connectivity index (χ4v) is 3.75. The minimum absolute atomic E-state index is 0.938. The van der Waals surface area contributed by atoms with E-state index < -0.39 is 0 Å². The summed E-state index contributed by atoms with van der Waals surface area (Å²) >= 11 is 0. The Hall–Kier alpha value is -3.32. The van der Waals surface area contributed by atoms with Crippen molar-refractivity contribution in [2.75, 3.05) is 0 Å². The molecular formula is C26H20O. The highest BCUT2D eigenvalue weighted by atomic mass is 16.3. The van der Waals surface area contributed by atoms with Gasteiger partial charge < -0.3 is 4.42 Å². The van der Waals surface area contributed by atoms with Crippen LogP contribution < -0.4 is 0 Å². The van der Waals surface area contributed by atoms with E-state index in [9.17, 15) is 0 Å². The van der Waals surface area contributed by atoms with Crippen molar-refractivity contribution in [3.05, 3.63) is 119 Å². The average Bonchev–Trinajstić information content (AvgIpc) is 3.07. The molecule has 0 unspecified atom stereocenters. The Kier molecular flexibility index (Phi) is 3.99. The van der Waals surface area contributed by atoms with Gasteiger partial charge in [0.05, 0.1) is 0 Å². The van der Waals surface area contributed by atoms with Crippen molar-refractivity contribution >= 4 is 21.9 Å². The van der Waals surface area contributed by atoms with Crippen LogP contribution in [0.3, 0.4) is 0 Å². The fraction of sp³-hybridized carbons (Fsp3) is 0.0769. The number of hydrogen-bond acceptors (Lipinski definition) is 1. The Labute approximate surface area is 158 Å². The molecular weight excluding hydrogens is 328 g/mol. The van der Waals surface area contributed by atoms with Crippen LogP contribution >= 0.6 is 0 Å². The lowest BCUT2D eigenvalue weighted by Gasteiger charge is -2.03. The third-order valence-electron chi connectivity index (χ3n) is 5.10. The number of fused-ring (bicyclic) bond motifs is 3. The molecule has 0 amide bonds. The number of furan rings is 1. The van der Waals surface area contributed by atoms with Gasteiger partial charge in [-0.3, -0.25) is 0 Å². The molecule has 0 saturated carbocycles. The molecule has 0 aliphatic carbocycles. The molecule has 5 aromatic rings. The highest BCUT2D eigenvalue weighted by Crippen LogP contribution is 2.31. The molecule has 0 atom stereocenters. The van der Waals surface area contributed by atoms with Crippen LogP contribution in [0, 0.1) is 0 Å². The molecule has 4 aromatic carbocycles. The topological polar surface area (TPSA) is 13.1 Å². The minimum Gasteiger partial charge on any atom is -0.456 e. The molecule has 0 spiro atoms. The molecule has 130 valence electrons. The smallest absolute Gasteiger partial charge is 0.135 e. The minimum atomic E-state index is 0.938. The van der Waals surface area contributed by atoms with Crippen LogP contribution in [0.2, 0.25) is 0 Å². The normalized spacial score (nSPS) is 11.3. The Balaban J connectivity index is 1.54. The summed E-state index contributed by atoms with van der Waals surface area (Å²) < 4.78 is 6.06. The van der Waals surface area contributed by atoms with Crippen LogP contribution in [0.1, 0.15) is 22.3 Å². The van der Waals surface area contributed by atoms with Crippen LogP contribution in [0.4, 0.5) is 0 Å². The monoisotopic (exact) mass is 348 g/mol. The van der Waals surface area contributed by atoms with E-state index in [2.05, 4.69) is 97.1 Å². The van der Waals surface area contributed by atoms with Crippen LogP contribution in [-0.2, 0) is 12.8 Å². The first-order valence-corrected chi connectivity index (χ1v) is 9.37. The van der Waals surface area contributed by atoms with Crippen molar-refractivity contribution in [2.24, 2.45) is 0 Å². The molecule has 0 fully saturated rings. The van der Waals surface area contributed by atoms with E-state index in [4.69, 9.17) is 4.42 Å². The number of rotatable bonds is 4. The Morgan fingerprint density at radius 1 is 0.444 bits per heavy atom. The Morgan fingerprint density at radius 2 is 0.889 bits per heavy atom. The Morgan fingerprint density at radius 3 is 1.33 bits per heavy atom. The molecule has 0 aliphatic rings. The van der Waals surface area contributed by atoms with E-state index in [1.807, 2.05) is 0 Å². The number of hydrogen-bond donors (Lipinski definition) is 0. The van der Waals surface area contributed by atoms with Gasteiger partial charge in [0.25, 0.3) is 0 Å². The first-order valence-electron chi connectivity index (χ1n) is 9.37. The van der Waals surface area contributed by atoms with Gasteiger partial charge >= 0.3 is 0 Å². The van der Waals surface area contributed by atoms with Gasteiger partial charge in [0.15, 0.2) is 0 Å². The van der Waals surface area contributed by atoms with Crippen molar-refractivity contribution in [2.45, 2.75) is 12.8 Å². The lowest BCUT2D eigenvalue weighted by Crippen LogP contribution is -1.88. The largest absolute Gasteiger partial charge is 0.456 e. The molecule has 1 aromatic heterocycles. The summed E-state index contributed by atoms with van der Waals surface area (Å²) in [6, 6.07) is 34.3. The van der Waals surface area contributed by atoms with E-state index in [1.165, 1.54) is 33.0 Å². The zero-order valence-electron chi connectivity index (χ0n) is 15.1. The molecule has 1 nitrogen and oxygen atoms in total. The van der Waals surface area contributed by atoms with Crippen LogP contribution in [0.5, 0.6) is 0 Å². The summed E-state index contributed by atoms with van der Waals surface area (Å²) in [6.07, 6.45) is 1.88. The summed E-state index contributed by atoms with van der Waals surface area (Å²) in [4.78, 5) is 0. The van der Waals surface area contributed by atoms with Crippen molar-refractivity contribution in [1.82, 2.24) is 0 Å². The zero-order chi connectivity index (χ0) is 18.1. The number of benzene rings is 4. The summed E-state index contributed by atoms with van der Waals surface area (Å²) in [5, 5.41) is 2.40. The van der Waals surface area contributed by atoms with Gasteiger partial charge in [-0.15, -0.1) is 0 Å². The molecule has 1 heterocycles. The predicted molar refractivity (Wildman–Crippen MR) is 112 cm³/mol. The first-order chi connectivity index (χ1) is 13.3. The fourth-order valence-electron chi connectivity index (χ4n) is 3.75. The standard InChI is InChI=1S/C26H20O/c1-3-7-19(8-4-1)15-21-11-13-25-23(17-21)24-18-22(12-14-26(24)27-25)16-20-9-5-2-6-10-20/h1-14,17-18H,15-16H2. The van der Waals surface area contributed by atoms with Crippen molar-refractivity contribution < 1.29 is 4.42 Å². The third kappa shape index (κ3) is 3.24. The zero-order valence-corrected chi connectivity index (χ0v) is 15.1. The van der Waals surface area contributed by atoms with Crippen molar-refractivity contribution in [1.29, 1.82) is 0 Å². The van der Waals surface area contributed by atoms with Gasteiger partial charge in [-0.25, -0.2) is 0 Å². The maximum Gasteiger partial charge on any atom is 0.135 e. The molecule has 1 heteroatoms. The first kappa shape index (κ1) is 15.9. The highest BCUT2D eigenvalue weighted by Gasteiger charge is 2.09. The second-order valence-electron chi connectivity index (χ2n) is 7.09. The van der Waals surface area contributed by atoms with Crippen molar-refractivity contribution in [3.63, 3.8) is 0 Å². The van der Waals surface area contributed by atoms with Gasteiger partial charge in [0, 0.05) is 10.8 Å². The van der Waals surface area contributed by atoms with Crippen molar-refractivity contribution in [3.8, 4) is 0 Å². The van der Waals surface area contributed by atoms with E-state index in [1.54, 1.807) is 0 Å². The molecule has 0 N–H and O–H groups in total. The summed E-state index contributed by atoms with van der Waals surface area (Å²) in [7, 11) is 0. The van der Waals surface area contributed by atoms with E-state index in [-0.39, 0.29) is 0 Å². The van der Waals surface area contributed by atoms with E-state index in [0.717, 1.165) is 24.0 Å². The SMILES string of the molecule is c1ccc(Cc2ccc3oc4ccc(Cc5ccccc5)cc4c3c2)cc1. The van der Waals surface area contributed by atoms with Crippen LogP contribution in [-0.4, -0.2) is 0 Å². The van der Waals surface area contributed by atoms with E-state index in [0.29, 0.717) is 0 Å². The predicted octanol–water partition coefficient (Wildman–Crippen LogP) is 6.77. The summed E-state index contributed by atoms with van der Waals surface area (Å²) in [6.45, 7) is 0. The molecule has 27 heavy (non-hydrogen) atoms. The third-order valence-corrected chi connectivity index (χ3v) is 5.10. The summed E-state index contributed by atoms with van der Waals surface area (Å²) in [5.74, 6) is 0. The van der Waals surface area contributed by atoms with Gasteiger partial charge in [-0.2, -0.15) is 0 Å². The summed E-state index contributed by atoms with van der Waals surface area (Å²) in [5.41, 5.74) is 7.19. The second kappa shape index (κ2) is 6.77. The second-order valence-corrected chi connectivity index (χ2v) is 7.09. The van der Waals surface area contributed by atoms with Gasteiger partial charge in [-0.05, 0) is 59.4 Å². The van der Waals surface area contributed by atoms with Gasteiger partial charge in [0.2, 0.25) is 0 Å². The van der Waals surface area contributed by atoms with Gasteiger partial charge in [-0.1, -0.05) is 72.8 Å². The maximum absolute atomic E-state index is 6.06. The molecule has 0 radical (unpaired) electrons. The van der Waals surface area contributed by atoms with E-state index >= 15 is 0 Å².